The van der Waals surface area contributed by atoms with E-state index in [4.69, 9.17) is 37.0 Å². The minimum absolute atomic E-state index is 0.105. The van der Waals surface area contributed by atoms with Crippen LogP contribution >= 0.6 is 15.6 Å². The zero-order chi connectivity index (χ0) is 74.6. The van der Waals surface area contributed by atoms with Crippen LogP contribution < -0.4 is 0 Å². The van der Waals surface area contributed by atoms with E-state index >= 15 is 0 Å². The molecule has 0 aliphatic heterocycles. The van der Waals surface area contributed by atoms with Crippen molar-refractivity contribution in [2.75, 3.05) is 39.6 Å². The Morgan fingerprint density at radius 2 is 0.475 bits per heavy atom. The summed E-state index contributed by atoms with van der Waals surface area (Å²) in [5.41, 5.74) is 0. The van der Waals surface area contributed by atoms with Crippen LogP contribution in [0.1, 0.15) is 421 Å². The fraction of sp³-hybridized carbons (Fsp3) is 0.951. The highest BCUT2D eigenvalue weighted by molar-refractivity contribution is 7.47. The fourth-order valence-corrected chi connectivity index (χ4v) is 14.2. The van der Waals surface area contributed by atoms with Crippen molar-refractivity contribution in [3.05, 3.63) is 0 Å². The summed E-state index contributed by atoms with van der Waals surface area (Å²) in [4.78, 5) is 73.0. The van der Waals surface area contributed by atoms with E-state index in [1.165, 1.54) is 218 Å². The summed E-state index contributed by atoms with van der Waals surface area (Å²) in [5.74, 6) is 0.985. The molecule has 0 bridgehead atoms. The molecule has 6 atom stereocenters. The topological polar surface area (TPSA) is 237 Å². The molecule has 600 valence electrons. The molecule has 0 aromatic heterocycles. The first-order valence-corrected chi connectivity index (χ1v) is 45.2. The van der Waals surface area contributed by atoms with Crippen molar-refractivity contribution in [3.8, 4) is 0 Å². The average molecular weight is 1480 g/mol. The van der Waals surface area contributed by atoms with Gasteiger partial charge in [0.05, 0.1) is 26.4 Å². The average Bonchev–Trinajstić information content (AvgIpc) is 0.959. The van der Waals surface area contributed by atoms with E-state index in [9.17, 15) is 43.2 Å². The van der Waals surface area contributed by atoms with Crippen LogP contribution in [0.4, 0.5) is 0 Å². The quantitative estimate of drug-likeness (QED) is 0.0222. The summed E-state index contributed by atoms with van der Waals surface area (Å²) in [6.45, 7) is 14.2. The molecule has 17 nitrogen and oxygen atoms in total. The Hall–Kier alpha value is -1.94. The second-order valence-electron chi connectivity index (χ2n) is 31.2. The number of carbonyl (C=O) groups is 4. The maximum atomic E-state index is 13.1. The van der Waals surface area contributed by atoms with Gasteiger partial charge in [0.15, 0.2) is 12.2 Å². The number of aliphatic hydroxyl groups is 1. The van der Waals surface area contributed by atoms with Gasteiger partial charge in [0, 0.05) is 25.7 Å². The fourth-order valence-electron chi connectivity index (χ4n) is 12.6. The number of esters is 4. The van der Waals surface area contributed by atoms with Crippen molar-refractivity contribution in [2.24, 2.45) is 23.7 Å². The van der Waals surface area contributed by atoms with Gasteiger partial charge in [0.1, 0.15) is 19.3 Å². The molecule has 0 aromatic rings. The molecule has 0 heterocycles. The third-order valence-corrected chi connectivity index (χ3v) is 21.3. The van der Waals surface area contributed by atoms with Crippen LogP contribution in [0.25, 0.3) is 0 Å². The van der Waals surface area contributed by atoms with Crippen LogP contribution in [0, 0.1) is 23.7 Å². The highest BCUT2D eigenvalue weighted by Crippen LogP contribution is 2.45. The second kappa shape index (κ2) is 71.0. The summed E-state index contributed by atoms with van der Waals surface area (Å²) in [6, 6.07) is 0. The molecule has 19 heteroatoms. The number of unbranched alkanes of at least 4 members (excludes halogenated alkanes) is 44. The minimum Gasteiger partial charge on any atom is -0.462 e. The van der Waals surface area contributed by atoms with Crippen LogP contribution in [0.3, 0.4) is 0 Å². The number of rotatable bonds is 79. The van der Waals surface area contributed by atoms with Crippen LogP contribution in [0.5, 0.6) is 0 Å². The summed E-state index contributed by atoms with van der Waals surface area (Å²) < 4.78 is 68.7. The van der Waals surface area contributed by atoms with E-state index in [-0.39, 0.29) is 25.7 Å². The largest absolute Gasteiger partial charge is 0.472 e. The van der Waals surface area contributed by atoms with Gasteiger partial charge in [0.2, 0.25) is 0 Å². The first kappa shape index (κ1) is 99.1. The molecule has 0 radical (unpaired) electrons. The molecule has 3 N–H and O–H groups in total. The van der Waals surface area contributed by atoms with Crippen LogP contribution in [0.2, 0.25) is 0 Å². The van der Waals surface area contributed by atoms with Crippen LogP contribution in [-0.4, -0.2) is 96.7 Å². The SMILES string of the molecule is CCC(C)CCCCCCCCCCCCC(=O)O[C@H](COC(=O)CCCCCCCCC(C)C)COP(=O)(O)OC[C@H](O)COP(=O)(O)OC[C@@H](COC(=O)CCCCCCCCCCCCCCCCCCCCC(C)C)OC(=O)CCCCCCCCCCCCCCCCC(C)C. The molecule has 0 aromatic carbocycles. The normalized spacial score (nSPS) is 14.3. The van der Waals surface area contributed by atoms with Gasteiger partial charge in [-0.3, -0.25) is 37.3 Å². The van der Waals surface area contributed by atoms with E-state index < -0.39 is 97.5 Å². The highest BCUT2D eigenvalue weighted by atomic mass is 31.2. The lowest BCUT2D eigenvalue weighted by atomic mass is 9.99. The Labute approximate surface area is 619 Å². The van der Waals surface area contributed by atoms with Crippen LogP contribution in [-0.2, 0) is 65.4 Å². The molecule has 0 amide bonds. The lowest BCUT2D eigenvalue weighted by Gasteiger charge is -2.21. The number of hydrogen-bond acceptors (Lipinski definition) is 15. The number of ether oxygens (including phenoxy) is 4. The maximum absolute atomic E-state index is 13.1. The molecule has 0 rings (SSSR count). The van der Waals surface area contributed by atoms with Crippen LogP contribution in [0.15, 0.2) is 0 Å². The first-order valence-electron chi connectivity index (χ1n) is 42.2. The minimum atomic E-state index is -4.96. The van der Waals surface area contributed by atoms with Crippen molar-refractivity contribution < 1.29 is 80.2 Å². The Morgan fingerprint density at radius 3 is 0.703 bits per heavy atom. The predicted molar refractivity (Wildman–Crippen MR) is 414 cm³/mol. The number of aliphatic hydroxyl groups excluding tert-OH is 1. The third-order valence-electron chi connectivity index (χ3n) is 19.4. The maximum Gasteiger partial charge on any atom is 0.472 e. The van der Waals surface area contributed by atoms with Gasteiger partial charge in [-0.1, -0.05) is 370 Å². The highest BCUT2D eigenvalue weighted by Gasteiger charge is 2.30. The van der Waals surface area contributed by atoms with Gasteiger partial charge in [-0.15, -0.1) is 0 Å². The van der Waals surface area contributed by atoms with Crippen molar-refractivity contribution in [3.63, 3.8) is 0 Å². The predicted octanol–water partition coefficient (Wildman–Crippen LogP) is 24.4. The molecular formula is C82H160O17P2. The monoisotopic (exact) mass is 1480 g/mol. The molecule has 0 spiro atoms. The van der Waals surface area contributed by atoms with Crippen molar-refractivity contribution in [1.29, 1.82) is 0 Å². The van der Waals surface area contributed by atoms with E-state index in [0.717, 1.165) is 114 Å². The number of carbonyl (C=O) groups excluding carboxylic acids is 4. The van der Waals surface area contributed by atoms with Gasteiger partial charge in [-0.2, -0.15) is 0 Å². The summed E-state index contributed by atoms with van der Waals surface area (Å²) >= 11 is 0. The Balaban J connectivity index is 5.21. The third kappa shape index (κ3) is 74.7. The van der Waals surface area contributed by atoms with E-state index in [2.05, 4.69) is 55.4 Å². The van der Waals surface area contributed by atoms with E-state index in [0.29, 0.717) is 31.6 Å². The molecule has 3 unspecified atom stereocenters. The van der Waals surface area contributed by atoms with Gasteiger partial charge >= 0.3 is 39.5 Å². The Morgan fingerprint density at radius 1 is 0.277 bits per heavy atom. The summed E-state index contributed by atoms with van der Waals surface area (Å²) in [5, 5.41) is 10.6. The molecule has 0 saturated carbocycles. The molecule has 0 aliphatic carbocycles. The van der Waals surface area contributed by atoms with Crippen molar-refractivity contribution >= 4 is 39.5 Å². The first-order chi connectivity index (χ1) is 48.6. The molecule has 0 fully saturated rings. The smallest absolute Gasteiger partial charge is 0.462 e. The molecule has 101 heavy (non-hydrogen) atoms. The summed E-state index contributed by atoms with van der Waals surface area (Å²) in [6.07, 6.45) is 58.5. The van der Waals surface area contributed by atoms with Crippen molar-refractivity contribution in [1.82, 2.24) is 0 Å². The second-order valence-corrected chi connectivity index (χ2v) is 34.1. The lowest BCUT2D eigenvalue weighted by molar-refractivity contribution is -0.161. The Kier molecular flexibility index (Phi) is 69.6. The zero-order valence-corrected chi connectivity index (χ0v) is 68.3. The molecular weight excluding hydrogens is 1320 g/mol. The van der Waals surface area contributed by atoms with Gasteiger partial charge < -0.3 is 33.8 Å². The number of hydrogen-bond donors (Lipinski definition) is 3. The molecule has 0 saturated heterocycles. The van der Waals surface area contributed by atoms with Gasteiger partial charge in [-0.05, 0) is 49.4 Å². The van der Waals surface area contributed by atoms with Gasteiger partial charge in [0.25, 0.3) is 0 Å². The number of phosphoric acid groups is 2. The van der Waals surface area contributed by atoms with Crippen molar-refractivity contribution in [2.45, 2.75) is 440 Å². The zero-order valence-electron chi connectivity index (χ0n) is 66.5. The van der Waals surface area contributed by atoms with Gasteiger partial charge in [-0.25, -0.2) is 9.13 Å². The number of phosphoric ester groups is 2. The van der Waals surface area contributed by atoms with E-state index in [1.54, 1.807) is 0 Å². The Bertz CT molecular complexity index is 1970. The summed E-state index contributed by atoms with van der Waals surface area (Å²) in [7, 11) is -9.92. The lowest BCUT2D eigenvalue weighted by Crippen LogP contribution is -2.30. The molecule has 0 aliphatic rings. The standard InChI is InChI=1S/C82H160O17P2/c1-9-75(8)61-53-45-36-30-26-27-33-39-49-57-65-82(87)99-78(69-93-80(85)63-55-47-41-40-44-52-60-74(6)7)71-97-101(90,91)95-67-76(83)66-94-100(88,89)96-70-77(98-81(86)64-56-48-38-32-25-21-17-16-19-23-29-35-43-51-59-73(4)5)68-92-79(84)62-54-46-37-31-24-20-15-13-11-10-12-14-18-22-28-34-42-50-58-72(2)3/h72-78,83H,9-71H2,1-8H3,(H,88,89)(H,90,91)/t75?,76-,77-,78-/m1/s1. The van der Waals surface area contributed by atoms with E-state index in [1.807, 2.05) is 0 Å².